The van der Waals surface area contributed by atoms with Gasteiger partial charge in [0.25, 0.3) is 0 Å². The average Bonchev–Trinajstić information content (AvgIpc) is 2.88. The lowest BCUT2D eigenvalue weighted by molar-refractivity contribution is -0.269. The van der Waals surface area contributed by atoms with E-state index in [1.54, 1.807) is 12.1 Å². The number of carboxylic acids is 1. The van der Waals surface area contributed by atoms with Gasteiger partial charge in [-0.3, -0.25) is 10.1 Å². The molecule has 2 unspecified atom stereocenters. The molecule has 1 aromatic heterocycles. The molecule has 1 saturated heterocycles. The second-order valence-electron chi connectivity index (χ2n) is 4.42. The maximum absolute atomic E-state index is 12.0. The largest absolute Gasteiger partial charge is 0.872 e. The van der Waals surface area contributed by atoms with Crippen LogP contribution in [-0.2, 0) is 4.79 Å². The zero-order chi connectivity index (χ0) is 14.3. The molecule has 2 atom stereocenters. The molecule has 2 N–H and O–H groups in total. The number of aliphatic carboxylic acids is 1. The monoisotopic (exact) mass is 292 g/mol. The summed E-state index contributed by atoms with van der Waals surface area (Å²) < 4.78 is 5.13. The standard InChI is InChI=1S/C13H11NO5S/c15-8-3-1-6-2-4-9(16)19-11(6)10(8)12-14-7(5-20-12)13(17)18/h1-4,7,12,14-15H,5H2,(H,17,18)/p-1. The van der Waals surface area contributed by atoms with Crippen LogP contribution in [0.4, 0.5) is 0 Å². The van der Waals surface area contributed by atoms with Gasteiger partial charge in [-0.05, 0) is 6.07 Å². The molecule has 1 aliphatic rings. The van der Waals surface area contributed by atoms with E-state index in [9.17, 15) is 14.7 Å². The second-order valence-corrected chi connectivity index (χ2v) is 5.56. The maximum Gasteiger partial charge on any atom is 0.336 e. The molecule has 2 heterocycles. The zero-order valence-electron chi connectivity index (χ0n) is 10.2. The summed E-state index contributed by atoms with van der Waals surface area (Å²) in [4.78, 5) is 22.3. The number of hydrogen-bond acceptors (Lipinski definition) is 6. The quantitative estimate of drug-likeness (QED) is 0.783. The summed E-state index contributed by atoms with van der Waals surface area (Å²) in [6.07, 6.45) is 0. The van der Waals surface area contributed by atoms with Gasteiger partial charge in [-0.15, -0.1) is 11.8 Å². The Morgan fingerprint density at radius 3 is 2.85 bits per heavy atom. The summed E-state index contributed by atoms with van der Waals surface area (Å²) in [7, 11) is 0. The third-order valence-corrected chi connectivity index (χ3v) is 4.36. The summed E-state index contributed by atoms with van der Waals surface area (Å²) in [5.41, 5.74) is -0.0166. The Balaban J connectivity index is 2.11. The van der Waals surface area contributed by atoms with Gasteiger partial charge in [0, 0.05) is 22.8 Å². The van der Waals surface area contributed by atoms with E-state index in [0.717, 1.165) is 0 Å². The van der Waals surface area contributed by atoms with Crippen molar-refractivity contribution in [2.75, 3.05) is 5.75 Å². The number of benzene rings is 1. The van der Waals surface area contributed by atoms with Crippen molar-refractivity contribution in [1.29, 1.82) is 0 Å². The SMILES string of the molecule is O=C(O)C1CSC(c2c([O-])ccc3ccc(=O)oc23)N1. The molecule has 3 rings (SSSR count). The lowest BCUT2D eigenvalue weighted by Gasteiger charge is -2.20. The molecule has 0 spiro atoms. The zero-order valence-corrected chi connectivity index (χ0v) is 11.0. The molecule has 20 heavy (non-hydrogen) atoms. The Morgan fingerprint density at radius 1 is 1.40 bits per heavy atom. The summed E-state index contributed by atoms with van der Waals surface area (Å²) in [5, 5.41) is 24.0. The molecule has 1 aromatic carbocycles. The van der Waals surface area contributed by atoms with Crippen LogP contribution in [0, 0.1) is 0 Å². The minimum Gasteiger partial charge on any atom is -0.872 e. The van der Waals surface area contributed by atoms with E-state index in [0.29, 0.717) is 16.7 Å². The molecular weight excluding hydrogens is 282 g/mol. The molecular formula is C13H10NO5S-. The van der Waals surface area contributed by atoms with Crippen molar-refractivity contribution < 1.29 is 19.4 Å². The first-order valence-corrected chi connectivity index (χ1v) is 6.95. The lowest BCUT2D eigenvalue weighted by Crippen LogP contribution is -2.33. The minimum absolute atomic E-state index is 0.223. The van der Waals surface area contributed by atoms with Crippen LogP contribution in [0.25, 0.3) is 11.0 Å². The van der Waals surface area contributed by atoms with Crippen LogP contribution in [0.3, 0.4) is 0 Å². The second kappa shape index (κ2) is 4.84. The van der Waals surface area contributed by atoms with Crippen molar-refractivity contribution in [2.45, 2.75) is 11.4 Å². The van der Waals surface area contributed by atoms with Crippen molar-refractivity contribution in [1.82, 2.24) is 5.32 Å². The van der Waals surface area contributed by atoms with Gasteiger partial charge in [-0.2, -0.15) is 0 Å². The van der Waals surface area contributed by atoms with E-state index >= 15 is 0 Å². The number of thioether (sulfide) groups is 1. The van der Waals surface area contributed by atoms with E-state index in [2.05, 4.69) is 5.32 Å². The first-order valence-electron chi connectivity index (χ1n) is 5.90. The van der Waals surface area contributed by atoms with Crippen LogP contribution in [-0.4, -0.2) is 22.9 Å². The molecule has 0 saturated carbocycles. The van der Waals surface area contributed by atoms with Crippen molar-refractivity contribution in [3.8, 4) is 5.75 Å². The van der Waals surface area contributed by atoms with Crippen LogP contribution in [0.5, 0.6) is 5.75 Å². The minimum atomic E-state index is -0.964. The molecule has 0 bridgehead atoms. The highest BCUT2D eigenvalue weighted by Crippen LogP contribution is 2.39. The Bertz CT molecular complexity index is 741. The van der Waals surface area contributed by atoms with Crippen molar-refractivity contribution in [3.63, 3.8) is 0 Å². The topological polar surface area (TPSA) is 103 Å². The molecule has 0 amide bonds. The Hall–Kier alpha value is -1.99. The molecule has 1 aliphatic heterocycles. The van der Waals surface area contributed by atoms with Crippen LogP contribution < -0.4 is 16.0 Å². The summed E-state index contributed by atoms with van der Waals surface area (Å²) in [6.45, 7) is 0. The van der Waals surface area contributed by atoms with Gasteiger partial charge in [-0.25, -0.2) is 4.79 Å². The Labute approximate surface area is 117 Å². The Kier molecular flexibility index (Phi) is 3.15. The van der Waals surface area contributed by atoms with Gasteiger partial charge in [0.15, 0.2) is 0 Å². The Morgan fingerprint density at radius 2 is 2.15 bits per heavy atom. The highest BCUT2D eigenvalue weighted by molar-refractivity contribution is 7.99. The molecule has 0 radical (unpaired) electrons. The van der Waals surface area contributed by atoms with Gasteiger partial charge in [-0.1, -0.05) is 17.9 Å². The smallest absolute Gasteiger partial charge is 0.336 e. The highest BCUT2D eigenvalue weighted by atomic mass is 32.2. The molecule has 7 heteroatoms. The number of nitrogens with one attached hydrogen (secondary N) is 1. The van der Waals surface area contributed by atoms with Crippen molar-refractivity contribution in [3.05, 3.63) is 40.2 Å². The maximum atomic E-state index is 12.0. The average molecular weight is 292 g/mol. The van der Waals surface area contributed by atoms with Gasteiger partial charge >= 0.3 is 11.6 Å². The van der Waals surface area contributed by atoms with Gasteiger partial charge in [0.1, 0.15) is 11.6 Å². The highest BCUT2D eigenvalue weighted by Gasteiger charge is 2.32. The summed E-state index contributed by atoms with van der Waals surface area (Å²) in [5.74, 6) is -0.885. The fraction of sp³-hybridized carbons (Fsp3) is 0.231. The third kappa shape index (κ3) is 2.14. The number of rotatable bonds is 2. The van der Waals surface area contributed by atoms with Crippen LogP contribution >= 0.6 is 11.8 Å². The molecule has 1 fully saturated rings. The molecule has 0 aliphatic carbocycles. The number of carboxylic acid groups (broad SMARTS) is 1. The van der Waals surface area contributed by atoms with E-state index in [4.69, 9.17) is 9.52 Å². The first-order chi connectivity index (χ1) is 9.56. The van der Waals surface area contributed by atoms with Gasteiger partial charge < -0.3 is 14.6 Å². The van der Waals surface area contributed by atoms with Crippen LogP contribution in [0.15, 0.2) is 33.5 Å². The summed E-state index contributed by atoms with van der Waals surface area (Å²) in [6, 6.07) is 5.13. The fourth-order valence-corrected chi connectivity index (χ4v) is 3.44. The van der Waals surface area contributed by atoms with E-state index < -0.39 is 23.0 Å². The van der Waals surface area contributed by atoms with Gasteiger partial charge in [0.2, 0.25) is 0 Å². The molecule has 2 aromatic rings. The summed E-state index contributed by atoms with van der Waals surface area (Å²) >= 11 is 1.31. The van der Waals surface area contributed by atoms with E-state index in [-0.39, 0.29) is 11.3 Å². The van der Waals surface area contributed by atoms with Crippen molar-refractivity contribution in [2.24, 2.45) is 0 Å². The molecule has 6 nitrogen and oxygen atoms in total. The van der Waals surface area contributed by atoms with Gasteiger partial charge in [0.05, 0.1) is 5.37 Å². The van der Waals surface area contributed by atoms with Crippen LogP contribution in [0.1, 0.15) is 10.9 Å². The molecule has 104 valence electrons. The predicted molar refractivity (Wildman–Crippen MR) is 71.7 cm³/mol. The first kappa shape index (κ1) is 13.0. The number of hydrogen-bond donors (Lipinski definition) is 2. The van der Waals surface area contributed by atoms with Crippen molar-refractivity contribution >= 4 is 28.7 Å². The number of fused-ring (bicyclic) bond motifs is 1. The lowest BCUT2D eigenvalue weighted by atomic mass is 10.1. The normalized spacial score (nSPS) is 22.2. The van der Waals surface area contributed by atoms with E-state index in [1.807, 2.05) is 0 Å². The fourth-order valence-electron chi connectivity index (χ4n) is 2.16. The third-order valence-electron chi connectivity index (χ3n) is 3.13. The predicted octanol–water partition coefficient (Wildman–Crippen LogP) is 0.655. The van der Waals surface area contributed by atoms with Crippen LogP contribution in [0.2, 0.25) is 0 Å². The number of carbonyl (C=O) groups is 1. The van der Waals surface area contributed by atoms with E-state index in [1.165, 1.54) is 23.9 Å².